The van der Waals surface area contributed by atoms with Crippen LogP contribution in [-0.2, 0) is 4.79 Å². The molecule has 10 heteroatoms. The van der Waals surface area contributed by atoms with E-state index in [9.17, 15) is 18.8 Å². The molecule has 1 N–H and O–H groups in total. The van der Waals surface area contributed by atoms with Crippen LogP contribution in [0.1, 0.15) is 46.3 Å². The lowest BCUT2D eigenvalue weighted by molar-refractivity contribution is -0.114. The van der Waals surface area contributed by atoms with Crippen molar-refractivity contribution in [1.82, 2.24) is 9.88 Å². The highest BCUT2D eigenvalue weighted by Crippen LogP contribution is 2.38. The fourth-order valence-corrected chi connectivity index (χ4v) is 4.03. The molecular weight excluding hydrogens is 425 g/mol. The lowest BCUT2D eigenvalue weighted by Crippen LogP contribution is -2.36. The molecule has 0 aliphatic carbocycles. The van der Waals surface area contributed by atoms with Crippen molar-refractivity contribution in [3.63, 3.8) is 0 Å². The minimum atomic E-state index is -0.828. The zero-order valence-electron chi connectivity index (χ0n) is 17.5. The summed E-state index contributed by atoms with van der Waals surface area (Å²) in [7, 11) is 1.48. The van der Waals surface area contributed by atoms with Gasteiger partial charge in [0.1, 0.15) is 5.82 Å². The van der Waals surface area contributed by atoms with E-state index in [1.807, 2.05) is 6.26 Å². The van der Waals surface area contributed by atoms with Gasteiger partial charge < -0.3 is 14.8 Å². The van der Waals surface area contributed by atoms with E-state index >= 15 is 0 Å². The van der Waals surface area contributed by atoms with Crippen molar-refractivity contribution in [1.29, 1.82) is 0 Å². The molecule has 0 bridgehead atoms. The molecule has 31 heavy (non-hydrogen) atoms. The van der Waals surface area contributed by atoms with Gasteiger partial charge in [-0.15, -0.1) is 0 Å². The van der Waals surface area contributed by atoms with Gasteiger partial charge in [0.05, 0.1) is 42.3 Å². The average molecular weight is 447 g/mol. The largest absolute Gasteiger partial charge is 0.491 e. The van der Waals surface area contributed by atoms with Crippen molar-refractivity contribution in [3.8, 4) is 11.6 Å². The molecule has 8 nitrogen and oxygen atoms in total. The van der Waals surface area contributed by atoms with Crippen molar-refractivity contribution >= 4 is 35.2 Å². The molecule has 3 rings (SSSR count). The molecule has 0 saturated heterocycles. The first-order valence-corrected chi connectivity index (χ1v) is 10.9. The number of rotatable bonds is 8. The number of methoxy groups -OCH3 is 1. The van der Waals surface area contributed by atoms with Crippen LogP contribution >= 0.6 is 11.8 Å². The van der Waals surface area contributed by atoms with E-state index in [2.05, 4.69) is 10.3 Å². The van der Waals surface area contributed by atoms with Gasteiger partial charge in [-0.1, -0.05) is 0 Å². The first kappa shape index (κ1) is 22.5. The van der Waals surface area contributed by atoms with Gasteiger partial charge in [0, 0.05) is 12.7 Å². The second-order valence-electron chi connectivity index (χ2n) is 6.65. The molecule has 1 aromatic carbocycles. The summed E-state index contributed by atoms with van der Waals surface area (Å²) in [5.74, 6) is -1.77. The SMILES string of the molecule is CCOc1nc(C(CSC)N2C(=O)c3c(F)ccc(NC(C)=O)c3C2=O)ccc1OC. The smallest absolute Gasteiger partial charge is 0.265 e. The Morgan fingerprint density at radius 3 is 2.55 bits per heavy atom. The number of carbonyl (C=O) groups excluding carboxylic acids is 3. The van der Waals surface area contributed by atoms with E-state index in [1.165, 1.54) is 31.9 Å². The third-order valence-electron chi connectivity index (χ3n) is 4.66. The number of imide groups is 1. The van der Waals surface area contributed by atoms with Crippen LogP contribution in [0.3, 0.4) is 0 Å². The van der Waals surface area contributed by atoms with Gasteiger partial charge in [0.25, 0.3) is 17.7 Å². The molecule has 3 amide bonds. The van der Waals surface area contributed by atoms with E-state index in [0.29, 0.717) is 23.8 Å². The molecule has 1 aromatic heterocycles. The predicted octanol–water partition coefficient (Wildman–Crippen LogP) is 3.29. The van der Waals surface area contributed by atoms with Crippen molar-refractivity contribution in [2.75, 3.05) is 31.0 Å². The van der Waals surface area contributed by atoms with Gasteiger partial charge in [-0.25, -0.2) is 9.37 Å². The number of aromatic nitrogens is 1. The molecule has 0 saturated carbocycles. The van der Waals surface area contributed by atoms with E-state index in [4.69, 9.17) is 9.47 Å². The Morgan fingerprint density at radius 2 is 1.94 bits per heavy atom. The maximum absolute atomic E-state index is 14.6. The monoisotopic (exact) mass is 447 g/mol. The van der Waals surface area contributed by atoms with Crippen LogP contribution in [-0.4, -0.2) is 53.3 Å². The van der Waals surface area contributed by atoms with Gasteiger partial charge in [-0.3, -0.25) is 19.3 Å². The second kappa shape index (κ2) is 9.34. The van der Waals surface area contributed by atoms with Gasteiger partial charge in [-0.05, 0) is 37.4 Å². The Labute approximate surface area is 183 Å². The topological polar surface area (TPSA) is 97.8 Å². The Hall–Kier alpha value is -3.14. The van der Waals surface area contributed by atoms with Crippen molar-refractivity contribution in [2.24, 2.45) is 0 Å². The van der Waals surface area contributed by atoms with Crippen LogP contribution in [0.25, 0.3) is 0 Å². The number of hydrogen-bond acceptors (Lipinski definition) is 7. The first-order chi connectivity index (χ1) is 14.8. The molecule has 1 aliphatic heterocycles. The van der Waals surface area contributed by atoms with E-state index in [-0.39, 0.29) is 22.7 Å². The Balaban J connectivity index is 2.10. The van der Waals surface area contributed by atoms with E-state index in [1.54, 1.807) is 19.1 Å². The summed E-state index contributed by atoms with van der Waals surface area (Å²) >= 11 is 1.40. The van der Waals surface area contributed by atoms with Gasteiger partial charge in [0.15, 0.2) is 5.75 Å². The summed E-state index contributed by atoms with van der Waals surface area (Å²) in [6.07, 6.45) is 1.82. The molecule has 0 fully saturated rings. The number of amides is 3. The summed E-state index contributed by atoms with van der Waals surface area (Å²) in [6.45, 7) is 3.41. The van der Waals surface area contributed by atoms with Crippen molar-refractivity contribution in [3.05, 3.63) is 46.9 Å². The number of hydrogen-bond donors (Lipinski definition) is 1. The van der Waals surface area contributed by atoms with E-state index in [0.717, 1.165) is 11.0 Å². The minimum Gasteiger partial charge on any atom is -0.491 e. The lowest BCUT2D eigenvalue weighted by Gasteiger charge is -2.26. The van der Waals surface area contributed by atoms with Crippen LogP contribution < -0.4 is 14.8 Å². The van der Waals surface area contributed by atoms with Gasteiger partial charge in [0.2, 0.25) is 5.91 Å². The number of nitrogens with zero attached hydrogens (tertiary/aromatic N) is 2. The maximum Gasteiger partial charge on any atom is 0.265 e. The molecule has 0 radical (unpaired) electrons. The number of anilines is 1. The number of ether oxygens (including phenoxy) is 2. The number of pyridine rings is 1. The fourth-order valence-electron chi connectivity index (χ4n) is 3.39. The summed E-state index contributed by atoms with van der Waals surface area (Å²) in [5.41, 5.74) is -0.0364. The molecule has 2 aromatic rings. The summed E-state index contributed by atoms with van der Waals surface area (Å²) < 4.78 is 25.3. The normalized spacial score (nSPS) is 13.8. The summed E-state index contributed by atoms with van der Waals surface area (Å²) in [5, 5.41) is 2.49. The maximum atomic E-state index is 14.6. The average Bonchev–Trinajstić information content (AvgIpc) is 3.00. The molecule has 1 atom stereocenters. The number of benzene rings is 1. The Bertz CT molecular complexity index is 1050. The highest BCUT2D eigenvalue weighted by molar-refractivity contribution is 7.98. The predicted molar refractivity (Wildman–Crippen MR) is 114 cm³/mol. The summed E-state index contributed by atoms with van der Waals surface area (Å²) in [6, 6.07) is 4.82. The minimum absolute atomic E-state index is 0.0883. The number of thioether (sulfide) groups is 1. The molecular formula is C21H22FN3O5S. The Morgan fingerprint density at radius 1 is 1.23 bits per heavy atom. The third-order valence-corrected chi connectivity index (χ3v) is 5.31. The highest BCUT2D eigenvalue weighted by Gasteiger charge is 2.44. The van der Waals surface area contributed by atoms with Crippen LogP contribution in [0.2, 0.25) is 0 Å². The van der Waals surface area contributed by atoms with Crippen LogP contribution in [0.5, 0.6) is 11.6 Å². The molecule has 1 unspecified atom stereocenters. The molecule has 2 heterocycles. The number of halogens is 1. The zero-order valence-corrected chi connectivity index (χ0v) is 18.3. The first-order valence-electron chi connectivity index (χ1n) is 9.48. The molecule has 164 valence electrons. The van der Waals surface area contributed by atoms with Gasteiger partial charge >= 0.3 is 0 Å². The number of nitrogens with one attached hydrogen (secondary N) is 1. The van der Waals surface area contributed by atoms with Crippen LogP contribution in [0, 0.1) is 5.82 Å². The molecule has 0 spiro atoms. The van der Waals surface area contributed by atoms with Crippen molar-refractivity contribution in [2.45, 2.75) is 19.9 Å². The lowest BCUT2D eigenvalue weighted by atomic mass is 10.1. The third kappa shape index (κ3) is 4.20. The molecule has 1 aliphatic rings. The zero-order chi connectivity index (χ0) is 22.7. The number of carbonyl (C=O) groups is 3. The quantitative estimate of drug-likeness (QED) is 0.620. The summed E-state index contributed by atoms with van der Waals surface area (Å²) in [4.78, 5) is 43.4. The van der Waals surface area contributed by atoms with E-state index < -0.39 is 29.6 Å². The van der Waals surface area contributed by atoms with Gasteiger partial charge in [-0.2, -0.15) is 11.8 Å². The fraction of sp³-hybridized carbons (Fsp3) is 0.333. The Kier molecular flexibility index (Phi) is 6.79. The standard InChI is InChI=1S/C21H22FN3O5S/c1-5-30-19-16(29-3)9-8-13(24-19)15(10-31-4)25-20(27)17-12(22)6-7-14(23-11(2)26)18(17)21(25)28/h6-9,15H,5,10H2,1-4H3,(H,23,26). The number of fused-ring (bicyclic) bond motifs is 1. The van der Waals surface area contributed by atoms with Crippen LogP contribution in [0.4, 0.5) is 10.1 Å². The second-order valence-corrected chi connectivity index (χ2v) is 7.56. The van der Waals surface area contributed by atoms with Crippen molar-refractivity contribution < 1.29 is 28.2 Å². The van der Waals surface area contributed by atoms with Crippen LogP contribution in [0.15, 0.2) is 24.3 Å². The highest BCUT2D eigenvalue weighted by atomic mass is 32.2.